The normalized spacial score (nSPS) is 10.8. The number of benzene rings is 1. The summed E-state index contributed by atoms with van der Waals surface area (Å²) >= 11 is 0. The van der Waals surface area contributed by atoms with Gasteiger partial charge in [0.2, 0.25) is 0 Å². The third-order valence-electron chi connectivity index (χ3n) is 2.89. The number of non-ortho nitro benzene ring substituents is 1. The molecule has 0 saturated heterocycles. The number of methoxy groups -OCH3 is 1. The second-order valence-corrected chi connectivity index (χ2v) is 4.70. The largest absolute Gasteiger partial charge is 0.493 e. The van der Waals surface area contributed by atoms with Crippen LogP contribution >= 0.6 is 0 Å². The van der Waals surface area contributed by atoms with E-state index >= 15 is 0 Å². The van der Waals surface area contributed by atoms with Gasteiger partial charge in [-0.15, -0.1) is 0 Å². The molecule has 2 rings (SSSR count). The topological polar surface area (TPSA) is 74.5 Å². The number of ether oxygens (including phenoxy) is 2. The summed E-state index contributed by atoms with van der Waals surface area (Å²) in [6.07, 6.45) is 1.48. The Bertz CT molecular complexity index is 668. The Kier molecular flexibility index (Phi) is 3.74. The van der Waals surface area contributed by atoms with E-state index in [0.29, 0.717) is 22.4 Å². The average molecular weight is 276 g/mol. The van der Waals surface area contributed by atoms with E-state index in [-0.39, 0.29) is 11.8 Å². The van der Waals surface area contributed by atoms with Crippen molar-refractivity contribution in [3.63, 3.8) is 0 Å². The highest BCUT2D eigenvalue weighted by Gasteiger charge is 2.23. The van der Waals surface area contributed by atoms with Gasteiger partial charge in [0.1, 0.15) is 0 Å². The van der Waals surface area contributed by atoms with Crippen LogP contribution in [0.2, 0.25) is 0 Å². The van der Waals surface area contributed by atoms with E-state index < -0.39 is 4.92 Å². The fraction of sp³-hybridized carbons (Fsp3) is 0.357. The summed E-state index contributed by atoms with van der Waals surface area (Å²) in [6.45, 7) is 5.64. The molecule has 6 heteroatoms. The second-order valence-electron chi connectivity index (χ2n) is 4.70. The zero-order chi connectivity index (χ0) is 14.9. The molecule has 1 heterocycles. The Labute approximate surface area is 116 Å². The van der Waals surface area contributed by atoms with Gasteiger partial charge in [0.05, 0.1) is 29.6 Å². The average Bonchev–Trinajstić information content (AvgIpc) is 2.38. The quantitative estimate of drug-likeness (QED) is 0.633. The molecule has 0 aliphatic carbocycles. The molecule has 0 saturated carbocycles. The SMILES string of the molecule is COc1cc([N+](=O)[O-])c2nccc(C)c2c1OC(C)C. The van der Waals surface area contributed by atoms with Crippen molar-refractivity contribution >= 4 is 16.6 Å². The van der Waals surface area contributed by atoms with Crippen LogP contribution in [0.4, 0.5) is 5.69 Å². The van der Waals surface area contributed by atoms with Crippen molar-refractivity contribution in [2.75, 3.05) is 7.11 Å². The number of aromatic nitrogens is 1. The molecule has 0 fully saturated rings. The lowest BCUT2D eigenvalue weighted by atomic mass is 10.1. The van der Waals surface area contributed by atoms with Crippen LogP contribution in [0.25, 0.3) is 10.9 Å². The first-order valence-corrected chi connectivity index (χ1v) is 6.23. The summed E-state index contributed by atoms with van der Waals surface area (Å²) in [6, 6.07) is 3.14. The van der Waals surface area contributed by atoms with Gasteiger partial charge in [-0.3, -0.25) is 10.1 Å². The predicted molar refractivity (Wildman–Crippen MR) is 75.5 cm³/mol. The molecular weight excluding hydrogens is 260 g/mol. The molecule has 0 bridgehead atoms. The van der Waals surface area contributed by atoms with Crippen LogP contribution in [0.5, 0.6) is 11.5 Å². The molecule has 0 N–H and O–H groups in total. The lowest BCUT2D eigenvalue weighted by Gasteiger charge is -2.16. The van der Waals surface area contributed by atoms with Crippen LogP contribution in [-0.2, 0) is 0 Å². The highest BCUT2D eigenvalue weighted by Crippen LogP contribution is 2.42. The molecule has 2 aromatic rings. The summed E-state index contributed by atoms with van der Waals surface area (Å²) in [7, 11) is 1.46. The predicted octanol–water partition coefficient (Wildman–Crippen LogP) is 3.25. The zero-order valence-electron chi connectivity index (χ0n) is 11.8. The van der Waals surface area contributed by atoms with Crippen molar-refractivity contribution in [3.8, 4) is 11.5 Å². The second kappa shape index (κ2) is 5.32. The lowest BCUT2D eigenvalue weighted by Crippen LogP contribution is -2.08. The fourth-order valence-corrected chi connectivity index (χ4v) is 2.06. The van der Waals surface area contributed by atoms with Gasteiger partial charge in [0, 0.05) is 6.20 Å². The zero-order valence-corrected chi connectivity index (χ0v) is 11.8. The lowest BCUT2D eigenvalue weighted by molar-refractivity contribution is -0.383. The third kappa shape index (κ3) is 2.36. The fourth-order valence-electron chi connectivity index (χ4n) is 2.06. The number of hydrogen-bond donors (Lipinski definition) is 0. The molecule has 0 unspecified atom stereocenters. The van der Waals surface area contributed by atoms with Crippen LogP contribution in [0.3, 0.4) is 0 Å². The molecule has 20 heavy (non-hydrogen) atoms. The monoisotopic (exact) mass is 276 g/mol. The van der Waals surface area contributed by atoms with Gasteiger partial charge in [0.25, 0.3) is 5.69 Å². The first kappa shape index (κ1) is 14.0. The van der Waals surface area contributed by atoms with Crippen LogP contribution in [0.1, 0.15) is 19.4 Å². The Morgan fingerprint density at radius 2 is 2.10 bits per heavy atom. The maximum Gasteiger partial charge on any atom is 0.299 e. The summed E-state index contributed by atoms with van der Waals surface area (Å²) in [5, 5.41) is 11.8. The first-order valence-electron chi connectivity index (χ1n) is 6.23. The minimum absolute atomic E-state index is 0.0758. The standard InChI is InChI=1S/C14H16N2O4/c1-8(2)20-14-11(19-4)7-10(16(17)18)13-12(14)9(3)5-6-15-13/h5-8H,1-4H3. The van der Waals surface area contributed by atoms with E-state index in [1.165, 1.54) is 13.2 Å². The third-order valence-corrected chi connectivity index (χ3v) is 2.89. The molecule has 1 aromatic heterocycles. The highest BCUT2D eigenvalue weighted by atomic mass is 16.6. The Balaban J connectivity index is 2.89. The van der Waals surface area contributed by atoms with Gasteiger partial charge in [-0.2, -0.15) is 0 Å². The van der Waals surface area contributed by atoms with Gasteiger partial charge in [-0.25, -0.2) is 4.98 Å². The molecular formula is C14H16N2O4. The number of nitro groups is 1. The van der Waals surface area contributed by atoms with Crippen LogP contribution in [-0.4, -0.2) is 23.1 Å². The first-order chi connectivity index (χ1) is 9.45. The van der Waals surface area contributed by atoms with Gasteiger partial charge in [-0.1, -0.05) is 0 Å². The van der Waals surface area contributed by atoms with Crippen LogP contribution in [0, 0.1) is 17.0 Å². The highest BCUT2D eigenvalue weighted by molar-refractivity contribution is 5.96. The van der Waals surface area contributed by atoms with Crippen molar-refractivity contribution in [2.45, 2.75) is 26.9 Å². The Morgan fingerprint density at radius 1 is 1.40 bits per heavy atom. The Morgan fingerprint density at radius 3 is 2.65 bits per heavy atom. The van der Waals surface area contributed by atoms with Crippen LogP contribution in [0.15, 0.2) is 18.3 Å². The van der Waals surface area contributed by atoms with Gasteiger partial charge in [0.15, 0.2) is 17.0 Å². The minimum Gasteiger partial charge on any atom is -0.493 e. The molecule has 1 aromatic carbocycles. The molecule has 106 valence electrons. The molecule has 0 atom stereocenters. The van der Waals surface area contributed by atoms with E-state index in [9.17, 15) is 10.1 Å². The summed E-state index contributed by atoms with van der Waals surface area (Å²) in [4.78, 5) is 14.9. The molecule has 0 radical (unpaired) electrons. The van der Waals surface area contributed by atoms with Crippen molar-refractivity contribution < 1.29 is 14.4 Å². The van der Waals surface area contributed by atoms with E-state index in [2.05, 4.69) is 4.98 Å². The van der Waals surface area contributed by atoms with E-state index in [0.717, 1.165) is 5.56 Å². The molecule has 0 aliphatic rings. The number of nitro benzene ring substituents is 1. The van der Waals surface area contributed by atoms with Gasteiger partial charge < -0.3 is 9.47 Å². The van der Waals surface area contributed by atoms with E-state index in [1.807, 2.05) is 20.8 Å². The molecule has 0 aliphatic heterocycles. The maximum atomic E-state index is 11.2. The van der Waals surface area contributed by atoms with E-state index in [4.69, 9.17) is 9.47 Å². The summed E-state index contributed by atoms with van der Waals surface area (Å²) in [5.74, 6) is 0.836. The van der Waals surface area contributed by atoms with Crippen molar-refractivity contribution in [2.24, 2.45) is 0 Å². The number of fused-ring (bicyclic) bond motifs is 1. The minimum atomic E-state index is -0.462. The van der Waals surface area contributed by atoms with Crippen molar-refractivity contribution in [1.82, 2.24) is 4.98 Å². The van der Waals surface area contributed by atoms with Crippen molar-refractivity contribution in [3.05, 3.63) is 34.0 Å². The van der Waals surface area contributed by atoms with E-state index in [1.54, 1.807) is 12.3 Å². The number of hydrogen-bond acceptors (Lipinski definition) is 5. The number of pyridine rings is 1. The number of nitrogens with zero attached hydrogens (tertiary/aromatic N) is 2. The summed E-state index contributed by atoms with van der Waals surface area (Å²) in [5.41, 5.74) is 1.08. The number of aryl methyl sites for hydroxylation is 1. The van der Waals surface area contributed by atoms with Gasteiger partial charge in [-0.05, 0) is 32.4 Å². The maximum absolute atomic E-state index is 11.2. The molecule has 6 nitrogen and oxygen atoms in total. The van der Waals surface area contributed by atoms with Crippen molar-refractivity contribution in [1.29, 1.82) is 0 Å². The smallest absolute Gasteiger partial charge is 0.299 e. The molecule has 0 spiro atoms. The molecule has 0 amide bonds. The summed E-state index contributed by atoms with van der Waals surface area (Å²) < 4.78 is 11.0. The number of rotatable bonds is 4. The Hall–Kier alpha value is -2.37. The van der Waals surface area contributed by atoms with Gasteiger partial charge >= 0.3 is 0 Å². The van der Waals surface area contributed by atoms with Crippen LogP contribution < -0.4 is 9.47 Å².